The SMILES string of the molecule is CNC(N)COCNCC1(Cc2ccccc2)C=CC=CC1.N#Cc1cccc(NO)c1. The van der Waals surface area contributed by atoms with Gasteiger partial charge in [0.15, 0.2) is 0 Å². The maximum Gasteiger partial charge on any atom is 0.0992 e. The third-order valence-electron chi connectivity index (χ3n) is 5.09. The summed E-state index contributed by atoms with van der Waals surface area (Å²) in [5, 5.41) is 23.2. The van der Waals surface area contributed by atoms with Crippen LogP contribution in [0.1, 0.15) is 17.5 Å². The fraction of sp³-hybridized carbons (Fsp3) is 0.320. The molecule has 7 heteroatoms. The zero-order valence-corrected chi connectivity index (χ0v) is 18.5. The zero-order valence-electron chi connectivity index (χ0n) is 18.5. The maximum absolute atomic E-state index is 8.40. The molecule has 0 spiro atoms. The van der Waals surface area contributed by atoms with Crippen LogP contribution in [-0.2, 0) is 11.2 Å². The second kappa shape index (κ2) is 14.1. The highest BCUT2D eigenvalue weighted by atomic mass is 16.5. The molecular formula is C25H33N5O2. The summed E-state index contributed by atoms with van der Waals surface area (Å²) in [6.45, 7) is 1.91. The van der Waals surface area contributed by atoms with Gasteiger partial charge in [0.05, 0.1) is 36.8 Å². The van der Waals surface area contributed by atoms with E-state index in [1.807, 2.05) is 18.6 Å². The lowest BCUT2D eigenvalue weighted by atomic mass is 9.76. The van der Waals surface area contributed by atoms with Crippen LogP contribution in [-0.4, -0.2) is 38.3 Å². The molecule has 7 nitrogen and oxygen atoms in total. The van der Waals surface area contributed by atoms with E-state index in [4.69, 9.17) is 20.9 Å². The highest BCUT2D eigenvalue weighted by Crippen LogP contribution is 2.31. The van der Waals surface area contributed by atoms with Crippen LogP contribution in [0, 0.1) is 16.7 Å². The molecule has 0 amide bonds. The van der Waals surface area contributed by atoms with Gasteiger partial charge in [-0.25, -0.2) is 0 Å². The molecule has 2 atom stereocenters. The summed E-state index contributed by atoms with van der Waals surface area (Å²) in [5.41, 5.74) is 10.2. The molecule has 0 radical (unpaired) electrons. The fourth-order valence-corrected chi connectivity index (χ4v) is 3.34. The number of hydrogen-bond acceptors (Lipinski definition) is 7. The Bertz CT molecular complexity index is 895. The van der Waals surface area contributed by atoms with E-state index in [1.54, 1.807) is 24.3 Å². The lowest BCUT2D eigenvalue weighted by Crippen LogP contribution is -2.41. The van der Waals surface area contributed by atoms with Gasteiger partial charge in [0.1, 0.15) is 0 Å². The minimum absolute atomic E-state index is 0.113. The van der Waals surface area contributed by atoms with E-state index in [0.717, 1.165) is 19.4 Å². The minimum Gasteiger partial charge on any atom is -0.363 e. The Labute approximate surface area is 190 Å². The standard InChI is InChI=1S/C18H27N3O.C7H6N2O/c1-20-17(19)13-22-15-21-14-18(10-6-3-7-11-18)12-16-8-4-2-5-9-16;8-5-6-2-1-3-7(4-6)9-10/h2-10,17,20-21H,11-15,19H2,1H3;1-4,9-10H. The average Bonchev–Trinajstić information content (AvgIpc) is 2.85. The number of nitrogens with two attached hydrogens (primary N) is 1. The Hall–Kier alpha value is -2.99. The van der Waals surface area contributed by atoms with Gasteiger partial charge in [-0.1, -0.05) is 60.7 Å². The third kappa shape index (κ3) is 9.02. The highest BCUT2D eigenvalue weighted by molar-refractivity contribution is 5.47. The van der Waals surface area contributed by atoms with E-state index >= 15 is 0 Å². The Morgan fingerprint density at radius 3 is 2.66 bits per heavy atom. The number of nitrogens with one attached hydrogen (secondary N) is 3. The molecule has 0 aliphatic heterocycles. The first-order chi connectivity index (χ1) is 15.6. The summed E-state index contributed by atoms with van der Waals surface area (Å²) in [5.74, 6) is 0. The predicted octanol–water partition coefficient (Wildman–Crippen LogP) is 3.16. The Morgan fingerprint density at radius 1 is 1.19 bits per heavy atom. The van der Waals surface area contributed by atoms with Gasteiger partial charge in [0.25, 0.3) is 0 Å². The lowest BCUT2D eigenvalue weighted by molar-refractivity contribution is 0.0926. The van der Waals surface area contributed by atoms with Crippen molar-refractivity contribution in [3.05, 3.63) is 90.0 Å². The van der Waals surface area contributed by atoms with E-state index in [0.29, 0.717) is 24.6 Å². The van der Waals surface area contributed by atoms with E-state index in [2.05, 4.69) is 65.3 Å². The number of allylic oxidation sites excluding steroid dienone is 3. The predicted molar refractivity (Wildman–Crippen MR) is 128 cm³/mol. The summed E-state index contributed by atoms with van der Waals surface area (Å²) in [4.78, 5) is 0. The molecule has 3 rings (SSSR count). The number of rotatable bonds is 10. The van der Waals surface area contributed by atoms with Crippen molar-refractivity contribution in [1.29, 1.82) is 5.26 Å². The van der Waals surface area contributed by atoms with Crippen molar-refractivity contribution >= 4 is 5.69 Å². The first-order valence-corrected chi connectivity index (χ1v) is 10.6. The largest absolute Gasteiger partial charge is 0.363 e. The van der Waals surface area contributed by atoms with Crippen LogP contribution < -0.4 is 21.8 Å². The van der Waals surface area contributed by atoms with E-state index < -0.39 is 0 Å². The van der Waals surface area contributed by atoms with E-state index in [9.17, 15) is 0 Å². The van der Waals surface area contributed by atoms with Crippen molar-refractivity contribution in [3.63, 3.8) is 0 Å². The zero-order chi connectivity index (χ0) is 23.1. The molecule has 32 heavy (non-hydrogen) atoms. The van der Waals surface area contributed by atoms with Crippen molar-refractivity contribution in [2.24, 2.45) is 11.1 Å². The van der Waals surface area contributed by atoms with Gasteiger partial charge in [-0.15, -0.1) is 0 Å². The number of benzene rings is 2. The smallest absolute Gasteiger partial charge is 0.0992 e. The summed E-state index contributed by atoms with van der Waals surface area (Å²) >= 11 is 0. The van der Waals surface area contributed by atoms with Crippen LogP contribution in [0.25, 0.3) is 0 Å². The van der Waals surface area contributed by atoms with Gasteiger partial charge in [0.2, 0.25) is 0 Å². The van der Waals surface area contributed by atoms with Gasteiger partial charge >= 0.3 is 0 Å². The first kappa shape index (κ1) is 25.3. The summed E-state index contributed by atoms with van der Waals surface area (Å²) in [7, 11) is 1.83. The minimum atomic E-state index is -0.113. The van der Waals surface area contributed by atoms with Gasteiger partial charge in [-0.2, -0.15) is 5.26 Å². The fourth-order valence-electron chi connectivity index (χ4n) is 3.34. The lowest BCUT2D eigenvalue weighted by Gasteiger charge is -2.32. The van der Waals surface area contributed by atoms with Crippen molar-refractivity contribution in [2.45, 2.75) is 19.0 Å². The second-order valence-electron chi connectivity index (χ2n) is 7.66. The highest BCUT2D eigenvalue weighted by Gasteiger charge is 2.27. The molecule has 1 aliphatic rings. The van der Waals surface area contributed by atoms with Crippen LogP contribution in [0.4, 0.5) is 5.69 Å². The molecule has 0 saturated carbocycles. The van der Waals surface area contributed by atoms with Crippen molar-refractivity contribution in [3.8, 4) is 6.07 Å². The van der Waals surface area contributed by atoms with Crippen LogP contribution >= 0.6 is 0 Å². The number of nitrogens with zero attached hydrogens (tertiary/aromatic N) is 1. The molecule has 2 aromatic carbocycles. The molecule has 1 aliphatic carbocycles. The normalized spacial score (nSPS) is 17.7. The second-order valence-corrected chi connectivity index (χ2v) is 7.66. The number of likely N-dealkylation sites (N-methyl/N-ethyl adjacent to an activating group) is 1. The molecule has 0 saturated heterocycles. The maximum atomic E-state index is 8.40. The van der Waals surface area contributed by atoms with Crippen LogP contribution in [0.5, 0.6) is 0 Å². The Kier molecular flexibility index (Phi) is 11.2. The number of nitriles is 1. The molecular weight excluding hydrogens is 402 g/mol. The summed E-state index contributed by atoms with van der Waals surface area (Å²) in [6, 6.07) is 19.2. The molecule has 2 unspecified atom stereocenters. The first-order valence-electron chi connectivity index (χ1n) is 10.6. The molecule has 0 aromatic heterocycles. The van der Waals surface area contributed by atoms with Gasteiger partial charge in [-0.05, 0) is 43.7 Å². The molecule has 2 aromatic rings. The quantitative estimate of drug-likeness (QED) is 0.221. The van der Waals surface area contributed by atoms with Crippen LogP contribution in [0.3, 0.4) is 0 Å². The van der Waals surface area contributed by atoms with E-state index in [1.165, 1.54) is 5.56 Å². The van der Waals surface area contributed by atoms with Crippen LogP contribution in [0.2, 0.25) is 0 Å². The van der Waals surface area contributed by atoms with Gasteiger partial charge in [-0.3, -0.25) is 16.0 Å². The third-order valence-corrected chi connectivity index (χ3v) is 5.09. The summed E-state index contributed by atoms with van der Waals surface area (Å²) in [6.07, 6.45) is 10.8. The molecule has 6 N–H and O–H groups in total. The van der Waals surface area contributed by atoms with Crippen molar-refractivity contribution in [1.82, 2.24) is 10.6 Å². The number of hydrogen-bond donors (Lipinski definition) is 5. The van der Waals surface area contributed by atoms with E-state index in [-0.39, 0.29) is 11.6 Å². The molecule has 0 heterocycles. The van der Waals surface area contributed by atoms with Crippen LogP contribution in [0.15, 0.2) is 78.9 Å². The summed E-state index contributed by atoms with van der Waals surface area (Å²) < 4.78 is 5.53. The average molecular weight is 436 g/mol. The van der Waals surface area contributed by atoms with Crippen molar-refractivity contribution < 1.29 is 9.94 Å². The Balaban J connectivity index is 0.000000303. The molecule has 0 fully saturated rings. The molecule has 0 bridgehead atoms. The Morgan fingerprint density at radius 2 is 2.00 bits per heavy atom. The number of ether oxygens (including phenoxy) is 1. The van der Waals surface area contributed by atoms with Crippen molar-refractivity contribution in [2.75, 3.05) is 32.4 Å². The number of anilines is 1. The molecule has 170 valence electrons. The van der Waals surface area contributed by atoms with Gasteiger partial charge in [0, 0.05) is 12.0 Å². The van der Waals surface area contributed by atoms with Gasteiger partial charge < -0.3 is 15.8 Å². The monoisotopic (exact) mass is 435 g/mol. The topological polar surface area (TPSA) is 115 Å².